The SMILES string of the molecule is O=C(NC1CCC(F)(F)CC1)c1ccc2n(c1=O)C[C@@H]1CNC[C@H]2C1. The van der Waals surface area contributed by atoms with E-state index >= 15 is 0 Å². The van der Waals surface area contributed by atoms with Crippen LogP contribution in [-0.2, 0) is 6.54 Å². The van der Waals surface area contributed by atoms with Gasteiger partial charge in [0.2, 0.25) is 5.92 Å². The lowest BCUT2D eigenvalue weighted by molar-refractivity contribution is -0.0399. The molecule has 1 aliphatic carbocycles. The lowest BCUT2D eigenvalue weighted by atomic mass is 9.84. The quantitative estimate of drug-likeness (QED) is 0.855. The number of nitrogens with zero attached hydrogens (tertiary/aromatic N) is 1. The van der Waals surface area contributed by atoms with Crippen LogP contribution in [0.25, 0.3) is 0 Å². The van der Waals surface area contributed by atoms with Gasteiger partial charge in [-0.2, -0.15) is 0 Å². The van der Waals surface area contributed by atoms with E-state index in [0.717, 1.165) is 25.2 Å². The van der Waals surface area contributed by atoms with Crippen LogP contribution in [0.3, 0.4) is 0 Å². The van der Waals surface area contributed by atoms with E-state index in [1.54, 1.807) is 10.6 Å². The van der Waals surface area contributed by atoms with E-state index in [9.17, 15) is 18.4 Å². The molecule has 2 fully saturated rings. The Balaban J connectivity index is 1.52. The Labute approximate surface area is 144 Å². The highest BCUT2D eigenvalue weighted by Crippen LogP contribution is 2.33. The Morgan fingerprint density at radius 1 is 1.24 bits per heavy atom. The van der Waals surface area contributed by atoms with E-state index < -0.39 is 11.8 Å². The number of carbonyl (C=O) groups excluding carboxylic acids is 1. The third-order valence-corrected chi connectivity index (χ3v) is 5.81. The first-order valence-corrected chi connectivity index (χ1v) is 9.06. The number of piperidine rings is 1. The topological polar surface area (TPSA) is 63.1 Å². The number of nitrogens with one attached hydrogen (secondary N) is 2. The van der Waals surface area contributed by atoms with Crippen molar-refractivity contribution in [2.75, 3.05) is 13.1 Å². The van der Waals surface area contributed by atoms with E-state index in [0.29, 0.717) is 18.4 Å². The monoisotopic (exact) mass is 351 g/mol. The van der Waals surface area contributed by atoms with Crippen molar-refractivity contribution in [1.82, 2.24) is 15.2 Å². The Morgan fingerprint density at radius 3 is 2.76 bits per heavy atom. The first-order chi connectivity index (χ1) is 11.9. The number of halogens is 2. The van der Waals surface area contributed by atoms with Gasteiger partial charge in [-0.3, -0.25) is 9.59 Å². The van der Waals surface area contributed by atoms with Crippen molar-refractivity contribution in [3.8, 4) is 0 Å². The highest BCUT2D eigenvalue weighted by molar-refractivity contribution is 5.94. The van der Waals surface area contributed by atoms with Crippen LogP contribution in [-0.4, -0.2) is 35.5 Å². The summed E-state index contributed by atoms with van der Waals surface area (Å²) in [6.07, 6.45) is 1.16. The van der Waals surface area contributed by atoms with E-state index in [2.05, 4.69) is 10.6 Å². The van der Waals surface area contributed by atoms with Gasteiger partial charge in [-0.1, -0.05) is 0 Å². The van der Waals surface area contributed by atoms with Crippen LogP contribution in [0, 0.1) is 5.92 Å². The molecule has 3 aliphatic rings. The summed E-state index contributed by atoms with van der Waals surface area (Å²) in [5.41, 5.74) is 0.851. The maximum Gasteiger partial charge on any atom is 0.263 e. The number of aromatic nitrogens is 1. The number of hydrogen-bond acceptors (Lipinski definition) is 3. The summed E-state index contributed by atoms with van der Waals surface area (Å²) in [4.78, 5) is 25.3. The molecule has 0 spiro atoms. The second-order valence-electron chi connectivity index (χ2n) is 7.65. The molecule has 0 aromatic carbocycles. The highest BCUT2D eigenvalue weighted by Gasteiger charge is 2.36. The third-order valence-electron chi connectivity index (χ3n) is 5.81. The van der Waals surface area contributed by atoms with Gasteiger partial charge in [0.1, 0.15) is 5.56 Å². The Hall–Kier alpha value is -1.76. The number of pyridine rings is 1. The molecule has 2 bridgehead atoms. The lowest BCUT2D eigenvalue weighted by Crippen LogP contribution is -2.47. The third kappa shape index (κ3) is 3.21. The van der Waals surface area contributed by atoms with Crippen molar-refractivity contribution in [1.29, 1.82) is 0 Å². The van der Waals surface area contributed by atoms with Crippen molar-refractivity contribution < 1.29 is 13.6 Å². The molecule has 5 nitrogen and oxygen atoms in total. The van der Waals surface area contributed by atoms with Gasteiger partial charge in [-0.05, 0) is 43.9 Å². The summed E-state index contributed by atoms with van der Waals surface area (Å²) < 4.78 is 28.2. The van der Waals surface area contributed by atoms with E-state index in [-0.39, 0.29) is 42.8 Å². The fraction of sp³-hybridized carbons (Fsp3) is 0.667. The number of fused-ring (bicyclic) bond motifs is 4. The molecule has 2 aliphatic heterocycles. The fourth-order valence-corrected chi connectivity index (χ4v) is 4.41. The van der Waals surface area contributed by atoms with E-state index in [1.807, 2.05) is 6.07 Å². The second kappa shape index (κ2) is 6.20. The van der Waals surface area contributed by atoms with Crippen LogP contribution < -0.4 is 16.2 Å². The zero-order valence-corrected chi connectivity index (χ0v) is 14.1. The minimum absolute atomic E-state index is 0.119. The highest BCUT2D eigenvalue weighted by atomic mass is 19.3. The van der Waals surface area contributed by atoms with Gasteiger partial charge in [0.15, 0.2) is 0 Å². The standard InChI is InChI=1S/C18H23F2N3O2/c19-18(20)5-3-13(4-6-18)22-16(24)14-1-2-15-12-7-11(8-21-9-12)10-23(15)17(14)25/h1-2,11-13,21H,3-10H2,(H,22,24)/t11-,12+/m0/s1. The number of alkyl halides is 2. The molecule has 2 N–H and O–H groups in total. The molecule has 1 aromatic heterocycles. The zero-order valence-electron chi connectivity index (χ0n) is 14.1. The van der Waals surface area contributed by atoms with E-state index in [1.165, 1.54) is 0 Å². The molecule has 136 valence electrons. The van der Waals surface area contributed by atoms with Gasteiger partial charge in [-0.15, -0.1) is 0 Å². The molecule has 2 atom stereocenters. The zero-order chi connectivity index (χ0) is 17.6. The number of carbonyl (C=O) groups is 1. The Bertz CT molecular complexity index is 736. The minimum Gasteiger partial charge on any atom is -0.349 e. The molecule has 3 heterocycles. The smallest absolute Gasteiger partial charge is 0.263 e. The van der Waals surface area contributed by atoms with Gasteiger partial charge in [0, 0.05) is 43.6 Å². The van der Waals surface area contributed by atoms with Crippen LogP contribution in [0.5, 0.6) is 0 Å². The molecule has 7 heteroatoms. The van der Waals surface area contributed by atoms with Crippen molar-refractivity contribution in [2.45, 2.75) is 56.5 Å². The predicted molar refractivity (Wildman–Crippen MR) is 89.1 cm³/mol. The molecule has 4 rings (SSSR count). The lowest BCUT2D eigenvalue weighted by Gasteiger charge is -2.37. The predicted octanol–water partition coefficient (Wildman–Crippen LogP) is 1.86. The molecular weight excluding hydrogens is 328 g/mol. The molecular formula is C18H23F2N3O2. The largest absolute Gasteiger partial charge is 0.349 e. The van der Waals surface area contributed by atoms with Gasteiger partial charge < -0.3 is 15.2 Å². The van der Waals surface area contributed by atoms with Gasteiger partial charge in [0.05, 0.1) is 0 Å². The number of hydrogen-bond donors (Lipinski definition) is 2. The molecule has 1 amide bonds. The number of rotatable bonds is 2. The van der Waals surface area contributed by atoms with Gasteiger partial charge >= 0.3 is 0 Å². The summed E-state index contributed by atoms with van der Waals surface area (Å²) in [6.45, 7) is 2.39. The molecule has 1 aromatic rings. The van der Waals surface area contributed by atoms with Crippen LogP contribution in [0.1, 0.15) is 54.1 Å². The average Bonchev–Trinajstić information content (AvgIpc) is 2.58. The normalized spacial score (nSPS) is 28.2. The molecule has 0 radical (unpaired) electrons. The molecule has 25 heavy (non-hydrogen) atoms. The van der Waals surface area contributed by atoms with E-state index in [4.69, 9.17) is 0 Å². The summed E-state index contributed by atoms with van der Waals surface area (Å²) >= 11 is 0. The van der Waals surface area contributed by atoms with Gasteiger partial charge in [0.25, 0.3) is 11.5 Å². The molecule has 1 saturated heterocycles. The minimum atomic E-state index is -2.63. The van der Waals surface area contributed by atoms with Crippen molar-refractivity contribution in [2.24, 2.45) is 5.92 Å². The summed E-state index contributed by atoms with van der Waals surface area (Å²) in [6, 6.07) is 3.19. The second-order valence-corrected chi connectivity index (χ2v) is 7.65. The average molecular weight is 351 g/mol. The maximum atomic E-state index is 13.2. The fourth-order valence-electron chi connectivity index (χ4n) is 4.41. The van der Waals surface area contributed by atoms with Crippen molar-refractivity contribution >= 4 is 5.91 Å². The summed E-state index contributed by atoms with van der Waals surface area (Å²) in [7, 11) is 0. The van der Waals surface area contributed by atoms with Crippen LogP contribution in [0.15, 0.2) is 16.9 Å². The summed E-state index contributed by atoms with van der Waals surface area (Å²) in [5.74, 6) is -2.33. The molecule has 0 unspecified atom stereocenters. The van der Waals surface area contributed by atoms with Crippen molar-refractivity contribution in [3.05, 3.63) is 33.7 Å². The first-order valence-electron chi connectivity index (χ1n) is 9.06. The van der Waals surface area contributed by atoms with Crippen LogP contribution >= 0.6 is 0 Å². The van der Waals surface area contributed by atoms with Crippen LogP contribution in [0.4, 0.5) is 8.78 Å². The Morgan fingerprint density at radius 2 is 2.00 bits per heavy atom. The maximum absolute atomic E-state index is 13.2. The van der Waals surface area contributed by atoms with Gasteiger partial charge in [-0.25, -0.2) is 8.78 Å². The summed E-state index contributed by atoms with van der Waals surface area (Å²) in [5, 5.41) is 6.16. The Kier molecular flexibility index (Phi) is 4.14. The first kappa shape index (κ1) is 16.7. The van der Waals surface area contributed by atoms with Crippen LogP contribution in [0.2, 0.25) is 0 Å². The number of amides is 1. The van der Waals surface area contributed by atoms with Crippen molar-refractivity contribution in [3.63, 3.8) is 0 Å². The molecule has 1 saturated carbocycles.